The van der Waals surface area contributed by atoms with Crippen LogP contribution in [0, 0.1) is 10.1 Å². The highest BCUT2D eigenvalue weighted by Gasteiger charge is 2.12. The fourth-order valence-corrected chi connectivity index (χ4v) is 2.65. The van der Waals surface area contributed by atoms with Crippen molar-refractivity contribution in [1.82, 2.24) is 4.98 Å². The minimum atomic E-state index is -0.405. The quantitative estimate of drug-likeness (QED) is 0.656. The summed E-state index contributed by atoms with van der Waals surface area (Å²) in [5, 5.41) is 13.5. The molecule has 1 aromatic heterocycles. The molecule has 0 unspecified atom stereocenters. The molecule has 108 valence electrons. The van der Waals surface area contributed by atoms with E-state index in [-0.39, 0.29) is 28.7 Å². The zero-order chi connectivity index (χ0) is 13.8. The smallest absolute Gasteiger partial charge is 0.269 e. The third kappa shape index (κ3) is 4.09. The molecule has 0 aliphatic heterocycles. The Labute approximate surface area is 131 Å². The maximum absolute atomic E-state index is 10.6. The van der Waals surface area contributed by atoms with Crippen molar-refractivity contribution in [3.63, 3.8) is 0 Å². The zero-order valence-electron chi connectivity index (χ0n) is 11.0. The van der Waals surface area contributed by atoms with Crippen molar-refractivity contribution in [3.8, 4) is 0 Å². The number of benzene rings is 1. The average Bonchev–Trinajstić information content (AvgIpc) is 2.88. The lowest BCUT2D eigenvalue weighted by atomic mass is 10.1. The number of aromatic nitrogens is 1. The van der Waals surface area contributed by atoms with E-state index < -0.39 is 4.92 Å². The van der Waals surface area contributed by atoms with Crippen LogP contribution in [0.15, 0.2) is 29.6 Å². The molecule has 0 radical (unpaired) electrons. The Kier molecular flexibility index (Phi) is 6.25. The minimum Gasteiger partial charge on any atom is -0.322 e. The standard InChI is InChI=1S/C13H15N3O2S.BrH/c1-2-10-8-19-13(15-10)12(14)7-9-3-5-11(6-4-9)16(17)18;/h3-6,8,12H,2,7,14H2,1H3;1H/t12-;/m0./s1. The highest BCUT2D eigenvalue weighted by atomic mass is 79.9. The van der Waals surface area contributed by atoms with E-state index in [9.17, 15) is 10.1 Å². The summed E-state index contributed by atoms with van der Waals surface area (Å²) in [6, 6.07) is 6.33. The molecule has 0 bridgehead atoms. The summed E-state index contributed by atoms with van der Waals surface area (Å²) in [6.45, 7) is 2.06. The predicted molar refractivity (Wildman–Crippen MR) is 85.5 cm³/mol. The molecule has 0 aliphatic carbocycles. The van der Waals surface area contributed by atoms with E-state index in [0.717, 1.165) is 22.7 Å². The van der Waals surface area contributed by atoms with Crippen LogP contribution < -0.4 is 5.73 Å². The molecular weight excluding hydrogens is 342 g/mol. The molecule has 0 spiro atoms. The molecule has 2 N–H and O–H groups in total. The van der Waals surface area contributed by atoms with E-state index >= 15 is 0 Å². The van der Waals surface area contributed by atoms with Gasteiger partial charge in [-0.25, -0.2) is 4.98 Å². The number of hydrogen-bond donors (Lipinski definition) is 1. The third-order valence-electron chi connectivity index (χ3n) is 2.85. The van der Waals surface area contributed by atoms with E-state index in [1.807, 2.05) is 5.38 Å². The number of nitrogens with two attached hydrogens (primary N) is 1. The molecule has 5 nitrogen and oxygen atoms in total. The number of halogens is 1. The molecular formula is C13H16BrN3O2S. The molecule has 0 fully saturated rings. The molecule has 7 heteroatoms. The summed E-state index contributed by atoms with van der Waals surface area (Å²) in [5.74, 6) is 0. The van der Waals surface area contributed by atoms with Crippen molar-refractivity contribution in [2.24, 2.45) is 5.73 Å². The lowest BCUT2D eigenvalue weighted by Crippen LogP contribution is -2.13. The van der Waals surface area contributed by atoms with Crippen LogP contribution in [-0.4, -0.2) is 9.91 Å². The molecule has 0 aliphatic rings. The summed E-state index contributed by atoms with van der Waals surface area (Å²) < 4.78 is 0. The molecule has 0 saturated carbocycles. The van der Waals surface area contributed by atoms with Crippen LogP contribution in [0.5, 0.6) is 0 Å². The second-order valence-corrected chi connectivity index (χ2v) is 5.15. The van der Waals surface area contributed by atoms with Gasteiger partial charge in [-0.15, -0.1) is 28.3 Å². The van der Waals surface area contributed by atoms with Crippen molar-refractivity contribution < 1.29 is 4.92 Å². The Morgan fingerprint density at radius 1 is 1.40 bits per heavy atom. The largest absolute Gasteiger partial charge is 0.322 e. The van der Waals surface area contributed by atoms with Crippen LogP contribution in [0.3, 0.4) is 0 Å². The van der Waals surface area contributed by atoms with Gasteiger partial charge in [0.1, 0.15) is 5.01 Å². The maximum atomic E-state index is 10.6. The number of nitro groups is 1. The Bertz CT molecular complexity index is 571. The van der Waals surface area contributed by atoms with Crippen molar-refractivity contribution in [2.75, 3.05) is 0 Å². The first-order valence-corrected chi connectivity index (χ1v) is 6.91. The van der Waals surface area contributed by atoms with Crippen molar-refractivity contribution >= 4 is 34.0 Å². The van der Waals surface area contributed by atoms with Gasteiger partial charge < -0.3 is 5.73 Å². The van der Waals surface area contributed by atoms with Gasteiger partial charge in [-0.05, 0) is 18.4 Å². The Morgan fingerprint density at radius 2 is 2.05 bits per heavy atom. The number of non-ortho nitro benzene ring substituents is 1. The minimum absolute atomic E-state index is 0. The summed E-state index contributed by atoms with van der Waals surface area (Å²) in [6.07, 6.45) is 1.54. The molecule has 1 heterocycles. The second kappa shape index (κ2) is 7.47. The topological polar surface area (TPSA) is 82.0 Å². The summed E-state index contributed by atoms with van der Waals surface area (Å²) >= 11 is 1.57. The van der Waals surface area contributed by atoms with Crippen LogP contribution in [0.4, 0.5) is 5.69 Å². The number of nitro benzene ring substituents is 1. The fourth-order valence-electron chi connectivity index (χ4n) is 1.75. The average molecular weight is 358 g/mol. The fraction of sp³-hybridized carbons (Fsp3) is 0.308. The highest BCUT2D eigenvalue weighted by molar-refractivity contribution is 8.93. The van der Waals surface area contributed by atoms with Gasteiger partial charge in [-0.2, -0.15) is 0 Å². The molecule has 0 saturated heterocycles. The molecule has 2 aromatic rings. The van der Waals surface area contributed by atoms with Crippen molar-refractivity contribution in [2.45, 2.75) is 25.8 Å². The first kappa shape index (κ1) is 16.7. The van der Waals surface area contributed by atoms with Gasteiger partial charge in [-0.1, -0.05) is 19.1 Å². The van der Waals surface area contributed by atoms with Crippen LogP contribution in [0.25, 0.3) is 0 Å². The molecule has 1 atom stereocenters. The molecule has 20 heavy (non-hydrogen) atoms. The molecule has 2 rings (SSSR count). The molecule has 0 amide bonds. The van der Waals surface area contributed by atoms with Crippen LogP contribution >= 0.6 is 28.3 Å². The number of rotatable bonds is 5. The second-order valence-electron chi connectivity index (χ2n) is 4.26. The summed E-state index contributed by atoms with van der Waals surface area (Å²) in [4.78, 5) is 14.6. The lowest BCUT2D eigenvalue weighted by Gasteiger charge is -2.08. The van der Waals surface area contributed by atoms with E-state index in [0.29, 0.717) is 6.42 Å². The van der Waals surface area contributed by atoms with Gasteiger partial charge in [0.2, 0.25) is 0 Å². The summed E-state index contributed by atoms with van der Waals surface area (Å²) in [7, 11) is 0. The lowest BCUT2D eigenvalue weighted by molar-refractivity contribution is -0.384. The Hall–Kier alpha value is -1.31. The number of nitrogens with zero attached hydrogens (tertiary/aromatic N) is 2. The number of thiazole rings is 1. The first-order chi connectivity index (χ1) is 9.10. The van der Waals surface area contributed by atoms with Crippen LogP contribution in [0.2, 0.25) is 0 Å². The van der Waals surface area contributed by atoms with Crippen molar-refractivity contribution in [1.29, 1.82) is 0 Å². The third-order valence-corrected chi connectivity index (χ3v) is 3.88. The van der Waals surface area contributed by atoms with Gasteiger partial charge in [-0.3, -0.25) is 10.1 Å². The SMILES string of the molecule is Br.CCc1csc([C@@H](N)Cc2ccc([N+](=O)[O-])cc2)n1. The molecule has 1 aromatic carbocycles. The van der Waals surface area contributed by atoms with Gasteiger partial charge in [0.05, 0.1) is 16.7 Å². The zero-order valence-corrected chi connectivity index (χ0v) is 13.5. The maximum Gasteiger partial charge on any atom is 0.269 e. The van der Waals surface area contributed by atoms with Gasteiger partial charge >= 0.3 is 0 Å². The van der Waals surface area contributed by atoms with Crippen molar-refractivity contribution in [3.05, 3.63) is 56.0 Å². The Morgan fingerprint density at radius 3 is 2.55 bits per heavy atom. The van der Waals surface area contributed by atoms with Gasteiger partial charge in [0.15, 0.2) is 0 Å². The number of aryl methyl sites for hydroxylation is 1. The van der Waals surface area contributed by atoms with Crippen LogP contribution in [0.1, 0.15) is 29.2 Å². The van der Waals surface area contributed by atoms with E-state index in [1.165, 1.54) is 12.1 Å². The summed E-state index contributed by atoms with van der Waals surface area (Å²) in [5.41, 5.74) is 8.24. The van der Waals surface area contributed by atoms with Crippen LogP contribution in [-0.2, 0) is 12.8 Å². The normalized spacial score (nSPS) is 11.7. The van der Waals surface area contributed by atoms with Gasteiger partial charge in [0, 0.05) is 17.5 Å². The monoisotopic (exact) mass is 357 g/mol. The Balaban J connectivity index is 0.00000200. The predicted octanol–water partition coefficient (Wildman–Crippen LogP) is 3.43. The van der Waals surface area contributed by atoms with E-state index in [1.54, 1.807) is 23.5 Å². The van der Waals surface area contributed by atoms with Gasteiger partial charge in [0.25, 0.3) is 5.69 Å². The first-order valence-electron chi connectivity index (χ1n) is 6.03. The number of hydrogen-bond acceptors (Lipinski definition) is 5. The highest BCUT2D eigenvalue weighted by Crippen LogP contribution is 2.21. The van der Waals surface area contributed by atoms with E-state index in [4.69, 9.17) is 5.73 Å². The van der Waals surface area contributed by atoms with E-state index in [2.05, 4.69) is 11.9 Å².